The molecular weight excluding hydrogens is 260 g/mol. The molecule has 0 aromatic heterocycles. The molecule has 0 saturated heterocycles. The van der Waals surface area contributed by atoms with Gasteiger partial charge in [0, 0.05) is 18.3 Å². The normalized spacial score (nSPS) is 13.5. The van der Waals surface area contributed by atoms with Crippen LogP contribution in [0, 0.1) is 5.92 Å². The van der Waals surface area contributed by atoms with Crippen LogP contribution in [0.2, 0.25) is 0 Å². The van der Waals surface area contributed by atoms with Crippen molar-refractivity contribution in [1.29, 1.82) is 0 Å². The van der Waals surface area contributed by atoms with Gasteiger partial charge in [-0.1, -0.05) is 20.8 Å². The highest BCUT2D eigenvalue weighted by Gasteiger charge is 2.11. The number of nitrogens with one attached hydrogen (secondary N) is 1. The molecule has 0 aliphatic heterocycles. The fourth-order valence-corrected chi connectivity index (χ4v) is 2.77. The quantitative estimate of drug-likeness (QED) is 0.805. The van der Waals surface area contributed by atoms with Gasteiger partial charge in [-0.2, -0.15) is 0 Å². The van der Waals surface area contributed by atoms with E-state index in [0.717, 1.165) is 12.1 Å². The topological polar surface area (TPSA) is 72.2 Å². The highest BCUT2D eigenvalue weighted by Crippen LogP contribution is 2.15. The molecule has 1 unspecified atom stereocenters. The fourth-order valence-electron chi connectivity index (χ4n) is 1.88. The Morgan fingerprint density at radius 3 is 2.26 bits per heavy atom. The van der Waals surface area contributed by atoms with Gasteiger partial charge in [-0.15, -0.1) is 0 Å². The van der Waals surface area contributed by atoms with Crippen LogP contribution in [0.3, 0.4) is 0 Å². The van der Waals surface area contributed by atoms with Crippen molar-refractivity contribution in [2.75, 3.05) is 17.6 Å². The largest absolute Gasteiger partial charge is 0.383 e. The van der Waals surface area contributed by atoms with E-state index in [1.54, 1.807) is 31.2 Å². The predicted molar refractivity (Wildman–Crippen MR) is 80.1 cm³/mol. The van der Waals surface area contributed by atoms with Crippen LogP contribution in [0.1, 0.15) is 27.2 Å². The van der Waals surface area contributed by atoms with Crippen molar-refractivity contribution in [1.82, 2.24) is 0 Å². The fraction of sp³-hybridized carbons (Fsp3) is 0.571. The first-order valence-corrected chi connectivity index (χ1v) is 8.32. The summed E-state index contributed by atoms with van der Waals surface area (Å²) in [5.74, 6) is 0.702. The molecule has 0 amide bonds. The first kappa shape index (κ1) is 16.0. The minimum absolute atomic E-state index is 0.110. The van der Waals surface area contributed by atoms with Gasteiger partial charge in [-0.3, -0.25) is 0 Å². The standard InChI is InChI=1S/C14H24N2O2S/c1-4-19(17,18)14-7-5-13(6-8-14)16-10-12(15)9-11(2)3/h5-8,11-12,16H,4,9-10,15H2,1-3H3. The molecule has 0 saturated carbocycles. The van der Waals surface area contributed by atoms with Crippen LogP contribution in [-0.4, -0.2) is 26.8 Å². The molecule has 3 N–H and O–H groups in total. The molecule has 1 aromatic carbocycles. The molecule has 5 heteroatoms. The SMILES string of the molecule is CCS(=O)(=O)c1ccc(NCC(N)CC(C)C)cc1. The maximum atomic E-state index is 11.7. The lowest BCUT2D eigenvalue weighted by Crippen LogP contribution is -2.30. The molecule has 0 bridgehead atoms. The second-order valence-corrected chi connectivity index (χ2v) is 7.48. The molecule has 19 heavy (non-hydrogen) atoms. The van der Waals surface area contributed by atoms with Crippen LogP contribution < -0.4 is 11.1 Å². The van der Waals surface area contributed by atoms with E-state index in [1.165, 1.54) is 0 Å². The third-order valence-electron chi connectivity index (χ3n) is 2.94. The van der Waals surface area contributed by atoms with Crippen molar-refractivity contribution in [3.05, 3.63) is 24.3 Å². The second-order valence-electron chi connectivity index (χ2n) is 5.20. The van der Waals surface area contributed by atoms with Crippen molar-refractivity contribution in [3.63, 3.8) is 0 Å². The van der Waals surface area contributed by atoms with Gasteiger partial charge in [0.1, 0.15) is 0 Å². The monoisotopic (exact) mass is 284 g/mol. The Labute approximate surface area is 116 Å². The molecule has 108 valence electrons. The summed E-state index contributed by atoms with van der Waals surface area (Å²) < 4.78 is 23.3. The number of anilines is 1. The lowest BCUT2D eigenvalue weighted by Gasteiger charge is -2.15. The van der Waals surface area contributed by atoms with Gasteiger partial charge >= 0.3 is 0 Å². The molecule has 0 radical (unpaired) electrons. The van der Waals surface area contributed by atoms with Gasteiger partial charge < -0.3 is 11.1 Å². The van der Waals surface area contributed by atoms with E-state index in [1.807, 2.05) is 0 Å². The summed E-state index contributed by atoms with van der Waals surface area (Å²) >= 11 is 0. The van der Waals surface area contributed by atoms with Crippen molar-refractivity contribution >= 4 is 15.5 Å². The minimum Gasteiger partial charge on any atom is -0.383 e. The molecule has 1 rings (SSSR count). The van der Waals surface area contributed by atoms with E-state index in [4.69, 9.17) is 5.73 Å². The summed E-state index contributed by atoms with van der Waals surface area (Å²) in [4.78, 5) is 0.368. The van der Waals surface area contributed by atoms with Crippen LogP contribution in [0.25, 0.3) is 0 Å². The average molecular weight is 284 g/mol. The van der Waals surface area contributed by atoms with Crippen LogP contribution >= 0.6 is 0 Å². The van der Waals surface area contributed by atoms with Gasteiger partial charge in [0.2, 0.25) is 0 Å². The lowest BCUT2D eigenvalue weighted by atomic mass is 10.0. The predicted octanol–water partition coefficient (Wildman–Crippen LogP) is 2.27. The zero-order valence-electron chi connectivity index (χ0n) is 11.9. The molecule has 0 spiro atoms. The molecule has 0 fully saturated rings. The number of benzene rings is 1. The third kappa shape index (κ3) is 5.20. The Morgan fingerprint density at radius 2 is 1.79 bits per heavy atom. The van der Waals surface area contributed by atoms with Gasteiger partial charge in [-0.05, 0) is 36.6 Å². The molecule has 0 heterocycles. The first-order chi connectivity index (χ1) is 8.85. The average Bonchev–Trinajstić information content (AvgIpc) is 2.36. The molecule has 4 nitrogen and oxygen atoms in total. The Balaban J connectivity index is 2.58. The Kier molecular flexibility index (Phi) is 5.82. The number of hydrogen-bond donors (Lipinski definition) is 2. The highest BCUT2D eigenvalue weighted by atomic mass is 32.2. The molecule has 0 aliphatic carbocycles. The van der Waals surface area contributed by atoms with Crippen molar-refractivity contribution in [2.24, 2.45) is 11.7 Å². The van der Waals surface area contributed by atoms with Crippen LogP contribution in [-0.2, 0) is 9.84 Å². The van der Waals surface area contributed by atoms with E-state index in [2.05, 4.69) is 19.2 Å². The van der Waals surface area contributed by atoms with E-state index >= 15 is 0 Å². The lowest BCUT2D eigenvalue weighted by molar-refractivity contribution is 0.508. The first-order valence-electron chi connectivity index (χ1n) is 6.67. The molecule has 1 atom stereocenters. The van der Waals surface area contributed by atoms with Crippen LogP contribution in [0.15, 0.2) is 29.2 Å². The summed E-state index contributed by atoms with van der Waals surface area (Å²) in [5.41, 5.74) is 6.88. The van der Waals surface area contributed by atoms with Gasteiger partial charge in [0.05, 0.1) is 10.6 Å². The summed E-state index contributed by atoms with van der Waals surface area (Å²) in [6.45, 7) is 6.62. The van der Waals surface area contributed by atoms with E-state index in [9.17, 15) is 8.42 Å². The number of rotatable bonds is 7. The Morgan fingerprint density at radius 1 is 1.21 bits per heavy atom. The third-order valence-corrected chi connectivity index (χ3v) is 4.69. The van der Waals surface area contributed by atoms with E-state index in [0.29, 0.717) is 17.4 Å². The van der Waals surface area contributed by atoms with Crippen molar-refractivity contribution in [3.8, 4) is 0 Å². The molecular formula is C14H24N2O2S. The van der Waals surface area contributed by atoms with E-state index < -0.39 is 9.84 Å². The Bertz CT molecular complexity index is 481. The van der Waals surface area contributed by atoms with Crippen molar-refractivity contribution < 1.29 is 8.42 Å². The van der Waals surface area contributed by atoms with E-state index in [-0.39, 0.29) is 11.8 Å². The number of hydrogen-bond acceptors (Lipinski definition) is 4. The second kappa shape index (κ2) is 6.91. The minimum atomic E-state index is -3.11. The summed E-state index contributed by atoms with van der Waals surface area (Å²) in [6, 6.07) is 6.94. The van der Waals surface area contributed by atoms with Crippen LogP contribution in [0.5, 0.6) is 0 Å². The van der Waals surface area contributed by atoms with Gasteiger partial charge in [-0.25, -0.2) is 8.42 Å². The van der Waals surface area contributed by atoms with Gasteiger partial charge in [0.15, 0.2) is 9.84 Å². The van der Waals surface area contributed by atoms with Crippen molar-refractivity contribution in [2.45, 2.75) is 38.1 Å². The summed E-state index contributed by atoms with van der Waals surface area (Å²) in [5, 5.41) is 3.23. The number of sulfone groups is 1. The smallest absolute Gasteiger partial charge is 0.178 e. The molecule has 1 aromatic rings. The maximum Gasteiger partial charge on any atom is 0.178 e. The van der Waals surface area contributed by atoms with Crippen LogP contribution in [0.4, 0.5) is 5.69 Å². The maximum absolute atomic E-state index is 11.7. The Hall–Kier alpha value is -1.07. The zero-order chi connectivity index (χ0) is 14.5. The number of nitrogens with two attached hydrogens (primary N) is 1. The summed E-state index contributed by atoms with van der Waals surface area (Å²) in [7, 11) is -3.11. The highest BCUT2D eigenvalue weighted by molar-refractivity contribution is 7.91. The zero-order valence-corrected chi connectivity index (χ0v) is 12.7. The molecule has 0 aliphatic rings. The van der Waals surface area contributed by atoms with Gasteiger partial charge in [0.25, 0.3) is 0 Å². The summed E-state index contributed by atoms with van der Waals surface area (Å²) in [6.07, 6.45) is 0.968.